The normalized spacial score (nSPS) is 13.3. The molecule has 0 heterocycles. The van der Waals surface area contributed by atoms with E-state index in [1.807, 2.05) is 0 Å². The summed E-state index contributed by atoms with van der Waals surface area (Å²) in [5, 5.41) is 10.3. The van der Waals surface area contributed by atoms with E-state index in [1.54, 1.807) is 0 Å². The Morgan fingerprint density at radius 3 is 1.43 bits per heavy atom. The Morgan fingerprint density at radius 2 is 0.796 bits per heavy atom. The van der Waals surface area contributed by atoms with Gasteiger partial charge in [0.05, 0.1) is 0 Å². The van der Waals surface area contributed by atoms with Crippen LogP contribution in [0.15, 0.2) is 170 Å². The van der Waals surface area contributed by atoms with Gasteiger partial charge in [-0.2, -0.15) is 0 Å². The summed E-state index contributed by atoms with van der Waals surface area (Å²) in [6.45, 7) is 4.82. The van der Waals surface area contributed by atoms with Crippen LogP contribution < -0.4 is 0 Å². The van der Waals surface area contributed by atoms with E-state index >= 15 is 0 Å². The molecule has 0 nitrogen and oxygen atoms in total. The van der Waals surface area contributed by atoms with Gasteiger partial charge in [-0.3, -0.25) is 0 Å². The molecule has 1 aliphatic carbocycles. The van der Waals surface area contributed by atoms with E-state index in [1.165, 1.54) is 98.7 Å². The molecule has 49 heavy (non-hydrogen) atoms. The van der Waals surface area contributed by atoms with Crippen LogP contribution in [0.2, 0.25) is 0 Å². The maximum Gasteiger partial charge on any atom is 0.0165 e. The van der Waals surface area contributed by atoms with E-state index in [2.05, 4.69) is 184 Å². The SMILES string of the molecule is CC1(C)c2cc3ccccc3cc2-c2cccc(-c3c4ccccc4c(-c4ccc(-c5ccccc5)c5ccccc45)c4ccccc34)c21. The van der Waals surface area contributed by atoms with E-state index < -0.39 is 0 Å². The first kappa shape index (κ1) is 28.1. The van der Waals surface area contributed by atoms with Crippen LogP contribution in [0.25, 0.3) is 87.6 Å². The first-order chi connectivity index (χ1) is 24.1. The van der Waals surface area contributed by atoms with Crippen molar-refractivity contribution in [3.8, 4) is 44.5 Å². The average Bonchev–Trinajstić information content (AvgIpc) is 3.38. The summed E-state index contributed by atoms with van der Waals surface area (Å²) in [5.41, 5.74) is 13.1. The zero-order valence-electron chi connectivity index (χ0n) is 27.7. The Labute approximate surface area is 286 Å². The summed E-state index contributed by atoms with van der Waals surface area (Å²) in [5.74, 6) is 0. The van der Waals surface area contributed by atoms with Gasteiger partial charge >= 0.3 is 0 Å². The van der Waals surface area contributed by atoms with Gasteiger partial charge in [0.1, 0.15) is 0 Å². The minimum atomic E-state index is -0.157. The van der Waals surface area contributed by atoms with Crippen molar-refractivity contribution >= 4 is 43.1 Å². The first-order valence-electron chi connectivity index (χ1n) is 17.3. The quantitative estimate of drug-likeness (QED) is 0.172. The van der Waals surface area contributed by atoms with E-state index in [0.29, 0.717) is 0 Å². The highest BCUT2D eigenvalue weighted by atomic mass is 14.4. The Balaban J connectivity index is 1.29. The summed E-state index contributed by atoms with van der Waals surface area (Å²) >= 11 is 0. The van der Waals surface area contributed by atoms with Crippen molar-refractivity contribution in [3.63, 3.8) is 0 Å². The van der Waals surface area contributed by atoms with E-state index in [-0.39, 0.29) is 5.41 Å². The van der Waals surface area contributed by atoms with Crippen LogP contribution >= 0.6 is 0 Å². The van der Waals surface area contributed by atoms with Gasteiger partial charge in [-0.25, -0.2) is 0 Å². The minimum Gasteiger partial charge on any atom is -0.0622 e. The van der Waals surface area contributed by atoms with Gasteiger partial charge in [-0.1, -0.05) is 172 Å². The summed E-state index contributed by atoms with van der Waals surface area (Å²) in [4.78, 5) is 0. The van der Waals surface area contributed by atoms with Crippen LogP contribution in [0.5, 0.6) is 0 Å². The molecule has 0 spiro atoms. The van der Waals surface area contributed by atoms with Crippen LogP contribution in [0.3, 0.4) is 0 Å². The molecule has 0 amide bonds. The lowest BCUT2D eigenvalue weighted by atomic mass is 9.76. The van der Waals surface area contributed by atoms with Gasteiger partial charge in [0.25, 0.3) is 0 Å². The van der Waals surface area contributed by atoms with Gasteiger partial charge < -0.3 is 0 Å². The molecule has 0 heteroatoms. The van der Waals surface area contributed by atoms with Gasteiger partial charge in [0.15, 0.2) is 0 Å². The summed E-state index contributed by atoms with van der Waals surface area (Å²) in [6.07, 6.45) is 0. The topological polar surface area (TPSA) is 0 Å². The maximum absolute atomic E-state index is 2.43. The predicted octanol–water partition coefficient (Wildman–Crippen LogP) is 13.6. The second-order valence-electron chi connectivity index (χ2n) is 14.0. The van der Waals surface area contributed by atoms with Crippen molar-refractivity contribution in [2.75, 3.05) is 0 Å². The number of hydrogen-bond acceptors (Lipinski definition) is 0. The number of benzene rings is 9. The number of fused-ring (bicyclic) bond motifs is 7. The number of hydrogen-bond donors (Lipinski definition) is 0. The van der Waals surface area contributed by atoms with Crippen LogP contribution in [-0.2, 0) is 5.41 Å². The Morgan fingerprint density at radius 1 is 0.327 bits per heavy atom. The van der Waals surface area contributed by atoms with Crippen molar-refractivity contribution in [1.82, 2.24) is 0 Å². The van der Waals surface area contributed by atoms with Crippen molar-refractivity contribution < 1.29 is 0 Å². The monoisotopic (exact) mass is 622 g/mol. The zero-order valence-corrected chi connectivity index (χ0v) is 27.7. The highest BCUT2D eigenvalue weighted by Crippen LogP contribution is 2.55. The lowest BCUT2D eigenvalue weighted by molar-refractivity contribution is 0.663. The highest BCUT2D eigenvalue weighted by Gasteiger charge is 2.38. The Hall–Kier alpha value is -5.98. The molecule has 0 saturated carbocycles. The fourth-order valence-corrected chi connectivity index (χ4v) is 8.87. The highest BCUT2D eigenvalue weighted by molar-refractivity contribution is 6.24. The molecular formula is C49H34. The molecule has 9 aromatic carbocycles. The van der Waals surface area contributed by atoms with Gasteiger partial charge in [-0.05, 0) is 111 Å². The molecule has 0 saturated heterocycles. The standard InChI is InChI=1S/C49H34/c1-49(2)45-30-33-18-7-6-17-32(33)29-44(45)42-25-14-26-43(48(42)49)47-39-23-12-10-21-37(39)46(38-22-11-13-24-40(38)47)41-28-27-34(31-15-4-3-5-16-31)35-19-8-9-20-36(35)41/h3-30H,1-2H3. The third-order valence-corrected chi connectivity index (χ3v) is 11.0. The van der Waals surface area contributed by atoms with Crippen molar-refractivity contribution in [1.29, 1.82) is 0 Å². The largest absolute Gasteiger partial charge is 0.0622 e. The van der Waals surface area contributed by atoms with Crippen LogP contribution in [0.1, 0.15) is 25.0 Å². The molecule has 0 radical (unpaired) electrons. The Kier molecular flexibility index (Phi) is 6.02. The molecular weight excluding hydrogens is 589 g/mol. The molecule has 0 aliphatic heterocycles. The third kappa shape index (κ3) is 4.04. The van der Waals surface area contributed by atoms with Gasteiger partial charge in [-0.15, -0.1) is 0 Å². The molecule has 1 aliphatic rings. The van der Waals surface area contributed by atoms with Crippen LogP contribution in [-0.4, -0.2) is 0 Å². The molecule has 9 aromatic rings. The summed E-state index contributed by atoms with van der Waals surface area (Å²) in [7, 11) is 0. The average molecular weight is 623 g/mol. The third-order valence-electron chi connectivity index (χ3n) is 11.0. The van der Waals surface area contributed by atoms with E-state index in [4.69, 9.17) is 0 Å². The first-order valence-corrected chi connectivity index (χ1v) is 17.3. The number of rotatable bonds is 3. The lowest BCUT2D eigenvalue weighted by Gasteiger charge is -2.26. The summed E-state index contributed by atoms with van der Waals surface area (Å²) in [6, 6.07) is 63.0. The Bertz CT molecular complexity index is 2720. The zero-order chi connectivity index (χ0) is 32.7. The molecule has 0 atom stereocenters. The molecule has 0 N–H and O–H groups in total. The molecule has 0 unspecified atom stereocenters. The molecule has 10 rings (SSSR count). The van der Waals surface area contributed by atoms with E-state index in [9.17, 15) is 0 Å². The van der Waals surface area contributed by atoms with Crippen molar-refractivity contribution in [2.24, 2.45) is 0 Å². The maximum atomic E-state index is 2.43. The van der Waals surface area contributed by atoms with E-state index in [0.717, 1.165) is 0 Å². The fraction of sp³-hybridized carbons (Fsp3) is 0.0612. The molecule has 0 aromatic heterocycles. The van der Waals surface area contributed by atoms with Crippen LogP contribution in [0.4, 0.5) is 0 Å². The van der Waals surface area contributed by atoms with Gasteiger partial charge in [0.2, 0.25) is 0 Å². The van der Waals surface area contributed by atoms with Gasteiger partial charge in [0, 0.05) is 5.41 Å². The molecule has 230 valence electrons. The molecule has 0 bridgehead atoms. The smallest absolute Gasteiger partial charge is 0.0165 e. The van der Waals surface area contributed by atoms with Crippen molar-refractivity contribution in [3.05, 3.63) is 181 Å². The summed E-state index contributed by atoms with van der Waals surface area (Å²) < 4.78 is 0. The fourth-order valence-electron chi connectivity index (χ4n) is 8.87. The van der Waals surface area contributed by atoms with Crippen LogP contribution in [0, 0.1) is 0 Å². The predicted molar refractivity (Wildman–Crippen MR) is 210 cm³/mol. The second-order valence-corrected chi connectivity index (χ2v) is 14.0. The van der Waals surface area contributed by atoms with Crippen molar-refractivity contribution in [2.45, 2.75) is 19.3 Å². The molecule has 0 fully saturated rings. The second kappa shape index (κ2) is 10.5. The minimum absolute atomic E-state index is 0.157. The lowest BCUT2D eigenvalue weighted by Crippen LogP contribution is -2.16.